The number of fused-ring (bicyclic) bond motifs is 2. The smallest absolute Gasteiger partial charge is 0.252 e. The molecule has 0 spiro atoms. The number of amides is 2. The van der Waals surface area contributed by atoms with E-state index in [0.29, 0.717) is 29.6 Å². The standard InChI is InChI=1S/C23H20FN3O4S/c24-15-4-1-13(2-5-15)9-17(23(30)27-8-7-19-21(27)18(28)11-31-19)26-22(29)14-3-6-20-16(10-14)25-12-32-20/h1-6,10,12,17,19,21H,7-9,11H2,(H,26,29). The molecule has 2 fully saturated rings. The third-order valence-corrected chi connectivity index (χ3v) is 6.75. The number of carbonyl (C=O) groups is 3. The fraction of sp³-hybridized carbons (Fsp3) is 0.304. The van der Waals surface area contributed by atoms with Crippen LogP contribution >= 0.6 is 11.3 Å². The average Bonchev–Trinajstić information content (AvgIpc) is 3.51. The van der Waals surface area contributed by atoms with Crippen LogP contribution in [0.4, 0.5) is 4.39 Å². The molecule has 7 nitrogen and oxygen atoms in total. The molecule has 3 unspecified atom stereocenters. The molecule has 3 aromatic rings. The van der Waals surface area contributed by atoms with Gasteiger partial charge in [-0.25, -0.2) is 9.37 Å². The topological polar surface area (TPSA) is 88.6 Å². The van der Waals surface area contributed by atoms with Crippen LogP contribution in [0.1, 0.15) is 22.3 Å². The lowest BCUT2D eigenvalue weighted by molar-refractivity contribution is -0.138. The number of nitrogens with one attached hydrogen (secondary N) is 1. The fourth-order valence-electron chi connectivity index (χ4n) is 4.34. The molecule has 2 aliphatic rings. The molecule has 2 amide bonds. The molecule has 2 aromatic carbocycles. The number of rotatable bonds is 5. The van der Waals surface area contributed by atoms with Crippen LogP contribution in [0.25, 0.3) is 10.2 Å². The lowest BCUT2D eigenvalue weighted by atomic mass is 10.0. The molecule has 32 heavy (non-hydrogen) atoms. The number of benzene rings is 2. The molecular weight excluding hydrogens is 433 g/mol. The number of ether oxygens (including phenoxy) is 1. The molecule has 0 aliphatic carbocycles. The maximum absolute atomic E-state index is 13.5. The maximum Gasteiger partial charge on any atom is 0.252 e. The van der Waals surface area contributed by atoms with Crippen molar-refractivity contribution in [2.45, 2.75) is 31.0 Å². The number of likely N-dealkylation sites (tertiary alicyclic amines) is 1. The number of aromatic nitrogens is 1. The highest BCUT2D eigenvalue weighted by Crippen LogP contribution is 2.28. The molecule has 1 aromatic heterocycles. The minimum Gasteiger partial charge on any atom is -0.368 e. The Morgan fingerprint density at radius 1 is 1.25 bits per heavy atom. The molecule has 1 N–H and O–H groups in total. The van der Waals surface area contributed by atoms with Crippen molar-refractivity contribution in [3.8, 4) is 0 Å². The first-order valence-electron chi connectivity index (χ1n) is 10.3. The highest BCUT2D eigenvalue weighted by molar-refractivity contribution is 7.16. The summed E-state index contributed by atoms with van der Waals surface area (Å²) in [6.07, 6.45) is 0.466. The molecule has 164 valence electrons. The van der Waals surface area contributed by atoms with Crippen molar-refractivity contribution >= 4 is 39.2 Å². The largest absolute Gasteiger partial charge is 0.368 e. The van der Waals surface area contributed by atoms with Gasteiger partial charge in [-0.05, 0) is 42.3 Å². The second kappa shape index (κ2) is 8.40. The number of Topliss-reactive ketones (excluding diaryl/α,β-unsaturated/α-hetero) is 1. The van der Waals surface area contributed by atoms with Crippen molar-refractivity contribution < 1.29 is 23.5 Å². The van der Waals surface area contributed by atoms with E-state index >= 15 is 0 Å². The van der Waals surface area contributed by atoms with Crippen molar-refractivity contribution in [2.24, 2.45) is 0 Å². The van der Waals surface area contributed by atoms with Crippen LogP contribution in [0, 0.1) is 5.82 Å². The van der Waals surface area contributed by atoms with Gasteiger partial charge in [0.25, 0.3) is 5.91 Å². The second-order valence-corrected chi connectivity index (χ2v) is 8.86. The Hall–Kier alpha value is -3.17. The Bertz CT molecular complexity index is 1200. The van der Waals surface area contributed by atoms with Gasteiger partial charge in [0, 0.05) is 18.5 Å². The number of thiazole rings is 1. The normalized spacial score (nSPS) is 21.0. The summed E-state index contributed by atoms with van der Waals surface area (Å²) in [6, 6.07) is 9.46. The molecule has 2 aliphatic heterocycles. The number of hydrogen-bond acceptors (Lipinski definition) is 6. The molecule has 0 radical (unpaired) electrons. The SMILES string of the molecule is O=C(NC(Cc1ccc(F)cc1)C(=O)N1CCC2OCC(=O)C21)c1ccc2scnc2c1. The quantitative estimate of drug-likeness (QED) is 0.641. The lowest BCUT2D eigenvalue weighted by Gasteiger charge is -2.27. The van der Waals surface area contributed by atoms with Gasteiger partial charge in [-0.2, -0.15) is 0 Å². The molecular formula is C23H20FN3O4S. The minimum atomic E-state index is -0.911. The Balaban J connectivity index is 1.40. The van der Waals surface area contributed by atoms with Gasteiger partial charge in [-0.3, -0.25) is 14.4 Å². The van der Waals surface area contributed by atoms with Crippen molar-refractivity contribution in [2.75, 3.05) is 13.2 Å². The summed E-state index contributed by atoms with van der Waals surface area (Å²) < 4.78 is 19.8. The first-order chi connectivity index (χ1) is 15.5. The first-order valence-corrected chi connectivity index (χ1v) is 11.2. The number of halogens is 1. The van der Waals surface area contributed by atoms with Gasteiger partial charge in [0.2, 0.25) is 5.91 Å². The van der Waals surface area contributed by atoms with Gasteiger partial charge < -0.3 is 15.0 Å². The Kier molecular flexibility index (Phi) is 5.44. The highest BCUT2D eigenvalue weighted by Gasteiger charge is 2.48. The molecule has 3 heterocycles. The monoisotopic (exact) mass is 453 g/mol. The van der Waals surface area contributed by atoms with Gasteiger partial charge in [0.05, 0.1) is 21.8 Å². The third kappa shape index (κ3) is 3.89. The van der Waals surface area contributed by atoms with Crippen LogP contribution < -0.4 is 5.32 Å². The van der Waals surface area contributed by atoms with Crippen LogP contribution in [0.5, 0.6) is 0 Å². The van der Waals surface area contributed by atoms with E-state index in [0.717, 1.165) is 4.70 Å². The van der Waals surface area contributed by atoms with Gasteiger partial charge in [-0.15, -0.1) is 11.3 Å². The summed E-state index contributed by atoms with van der Waals surface area (Å²) >= 11 is 1.48. The van der Waals surface area contributed by atoms with Crippen LogP contribution in [0.15, 0.2) is 48.0 Å². The molecule has 0 bridgehead atoms. The fourth-order valence-corrected chi connectivity index (χ4v) is 5.00. The van der Waals surface area contributed by atoms with Crippen LogP contribution in [0.2, 0.25) is 0 Å². The second-order valence-electron chi connectivity index (χ2n) is 7.97. The van der Waals surface area contributed by atoms with Crippen molar-refractivity contribution in [3.63, 3.8) is 0 Å². The van der Waals surface area contributed by atoms with E-state index in [9.17, 15) is 18.8 Å². The summed E-state index contributed by atoms with van der Waals surface area (Å²) in [5, 5.41) is 2.82. The first kappa shape index (κ1) is 20.7. The summed E-state index contributed by atoms with van der Waals surface area (Å²) in [5.74, 6) is -1.26. The third-order valence-electron chi connectivity index (χ3n) is 5.94. The zero-order valence-corrected chi connectivity index (χ0v) is 17.8. The van der Waals surface area contributed by atoms with Gasteiger partial charge >= 0.3 is 0 Å². The predicted octanol–water partition coefficient (Wildman–Crippen LogP) is 2.35. The number of carbonyl (C=O) groups excluding carboxylic acids is 3. The summed E-state index contributed by atoms with van der Waals surface area (Å²) in [6.45, 7) is 0.391. The van der Waals surface area contributed by atoms with Gasteiger partial charge in [0.15, 0.2) is 5.78 Å². The maximum atomic E-state index is 13.5. The van der Waals surface area contributed by atoms with E-state index in [1.807, 2.05) is 6.07 Å². The van der Waals surface area contributed by atoms with Crippen LogP contribution in [-0.2, 0) is 20.7 Å². The van der Waals surface area contributed by atoms with E-state index in [1.165, 1.54) is 28.4 Å². The molecule has 5 rings (SSSR count). The molecule has 0 saturated carbocycles. The van der Waals surface area contributed by atoms with Crippen LogP contribution in [0.3, 0.4) is 0 Å². The van der Waals surface area contributed by atoms with Crippen molar-refractivity contribution in [1.82, 2.24) is 15.2 Å². The zero-order valence-electron chi connectivity index (χ0n) is 17.0. The molecule has 3 atom stereocenters. The number of ketones is 1. The van der Waals surface area contributed by atoms with E-state index in [2.05, 4.69) is 10.3 Å². The van der Waals surface area contributed by atoms with Crippen molar-refractivity contribution in [3.05, 3.63) is 64.9 Å². The predicted molar refractivity (Wildman–Crippen MR) is 116 cm³/mol. The molecule has 2 saturated heterocycles. The minimum absolute atomic E-state index is 0.00174. The summed E-state index contributed by atoms with van der Waals surface area (Å²) in [4.78, 5) is 44.5. The number of hydrogen-bond donors (Lipinski definition) is 1. The van der Waals surface area contributed by atoms with Gasteiger partial charge in [0.1, 0.15) is 24.5 Å². The molecule has 9 heteroatoms. The Morgan fingerprint density at radius 3 is 2.88 bits per heavy atom. The Labute approximate surface area is 187 Å². The summed E-state index contributed by atoms with van der Waals surface area (Å²) in [7, 11) is 0. The highest BCUT2D eigenvalue weighted by atomic mass is 32.1. The van der Waals surface area contributed by atoms with E-state index < -0.39 is 18.0 Å². The average molecular weight is 453 g/mol. The van der Waals surface area contributed by atoms with Crippen molar-refractivity contribution in [1.29, 1.82) is 0 Å². The number of nitrogens with zero attached hydrogens (tertiary/aromatic N) is 2. The van der Waals surface area contributed by atoms with E-state index in [-0.39, 0.29) is 36.6 Å². The Morgan fingerprint density at radius 2 is 2.06 bits per heavy atom. The van der Waals surface area contributed by atoms with E-state index in [1.54, 1.807) is 29.8 Å². The zero-order chi connectivity index (χ0) is 22.2. The summed E-state index contributed by atoms with van der Waals surface area (Å²) in [5.41, 5.74) is 3.50. The lowest BCUT2D eigenvalue weighted by Crippen LogP contribution is -2.53. The van der Waals surface area contributed by atoms with E-state index in [4.69, 9.17) is 4.74 Å². The van der Waals surface area contributed by atoms with Gasteiger partial charge in [-0.1, -0.05) is 12.1 Å². The van der Waals surface area contributed by atoms with Crippen LogP contribution in [-0.4, -0.2) is 58.8 Å².